The minimum absolute atomic E-state index is 0.0741. The molecule has 0 aromatic heterocycles. The Balaban J connectivity index is 0.000000399. The third-order valence-corrected chi connectivity index (χ3v) is 6.08. The van der Waals surface area contributed by atoms with Crippen molar-refractivity contribution >= 4 is 16.1 Å². The summed E-state index contributed by atoms with van der Waals surface area (Å²) in [5.41, 5.74) is -0.218. The second-order valence-electron chi connectivity index (χ2n) is 7.55. The van der Waals surface area contributed by atoms with Crippen LogP contribution < -0.4 is 0 Å². The second kappa shape index (κ2) is 12.6. The third kappa shape index (κ3) is 8.78. The van der Waals surface area contributed by atoms with E-state index in [1.54, 1.807) is 49.4 Å². The van der Waals surface area contributed by atoms with Crippen molar-refractivity contribution in [3.8, 4) is 0 Å². The molecule has 172 valence electrons. The summed E-state index contributed by atoms with van der Waals surface area (Å²) in [5.74, 6) is -0.460. The van der Waals surface area contributed by atoms with Crippen molar-refractivity contribution in [3.63, 3.8) is 0 Å². The Hall–Kier alpha value is -2.26. The van der Waals surface area contributed by atoms with Gasteiger partial charge in [0.15, 0.2) is 0 Å². The van der Waals surface area contributed by atoms with Crippen molar-refractivity contribution in [1.29, 1.82) is 0 Å². The first-order chi connectivity index (χ1) is 14.5. The summed E-state index contributed by atoms with van der Waals surface area (Å²) >= 11 is 0. The molecule has 3 N–H and O–H groups in total. The predicted octanol–water partition coefficient (Wildman–Crippen LogP) is 3.71. The molecule has 0 heterocycles. The first-order valence-corrected chi connectivity index (χ1v) is 11.6. The number of hydrogen-bond donors (Lipinski definition) is 3. The van der Waals surface area contributed by atoms with Crippen LogP contribution in [0.2, 0.25) is 0 Å². The molecule has 0 saturated heterocycles. The van der Waals surface area contributed by atoms with Crippen LogP contribution in [0.25, 0.3) is 0 Å². The first kappa shape index (κ1) is 26.8. The van der Waals surface area contributed by atoms with Gasteiger partial charge >= 0.3 is 5.97 Å². The van der Waals surface area contributed by atoms with Crippen LogP contribution in [-0.4, -0.2) is 48.0 Å². The van der Waals surface area contributed by atoms with Crippen molar-refractivity contribution in [1.82, 2.24) is 0 Å². The highest BCUT2D eigenvalue weighted by molar-refractivity contribution is 7.85. The van der Waals surface area contributed by atoms with Crippen LogP contribution >= 0.6 is 0 Å². The highest BCUT2D eigenvalue weighted by Crippen LogP contribution is 2.33. The topological polar surface area (TPSA) is 121 Å². The molecule has 0 bridgehead atoms. The number of aliphatic hydroxyl groups excluding tert-OH is 2. The number of rotatable bonds is 9. The maximum atomic E-state index is 11.9. The molecular weight excluding hydrogens is 420 g/mol. The Morgan fingerprint density at radius 2 is 1.55 bits per heavy atom. The van der Waals surface area contributed by atoms with E-state index < -0.39 is 33.7 Å². The number of ether oxygens (including phenoxy) is 1. The monoisotopic (exact) mass is 452 g/mol. The van der Waals surface area contributed by atoms with Gasteiger partial charge in [0.05, 0.1) is 22.7 Å². The Bertz CT molecular complexity index is 883. The molecule has 0 spiro atoms. The summed E-state index contributed by atoms with van der Waals surface area (Å²) in [5, 5.41) is 20.3. The Morgan fingerprint density at radius 3 is 1.97 bits per heavy atom. The van der Waals surface area contributed by atoms with Crippen LogP contribution in [0, 0.1) is 5.41 Å². The van der Waals surface area contributed by atoms with Crippen LogP contribution in [0.1, 0.15) is 50.4 Å². The summed E-state index contributed by atoms with van der Waals surface area (Å²) in [6, 6.07) is 16.1. The molecular formula is C23H32O7S. The van der Waals surface area contributed by atoms with Crippen molar-refractivity contribution in [2.24, 2.45) is 5.41 Å². The smallest absolute Gasteiger partial charge is 0.338 e. The molecule has 31 heavy (non-hydrogen) atoms. The number of esters is 1. The number of carbonyl (C=O) groups is 1. The van der Waals surface area contributed by atoms with E-state index in [0.29, 0.717) is 12.0 Å². The van der Waals surface area contributed by atoms with Crippen molar-refractivity contribution in [3.05, 3.63) is 66.2 Å². The van der Waals surface area contributed by atoms with Gasteiger partial charge in [0.2, 0.25) is 0 Å². The van der Waals surface area contributed by atoms with E-state index in [4.69, 9.17) is 9.29 Å². The summed E-state index contributed by atoms with van der Waals surface area (Å²) < 4.78 is 34.4. The van der Waals surface area contributed by atoms with Crippen LogP contribution in [0.3, 0.4) is 0 Å². The van der Waals surface area contributed by atoms with Gasteiger partial charge in [0.1, 0.15) is 6.61 Å². The van der Waals surface area contributed by atoms with Crippen molar-refractivity contribution in [2.75, 3.05) is 6.61 Å². The van der Waals surface area contributed by atoms with Gasteiger partial charge in [0, 0.05) is 5.41 Å². The van der Waals surface area contributed by atoms with Crippen LogP contribution in [0.4, 0.5) is 0 Å². The maximum absolute atomic E-state index is 11.9. The Kier molecular flexibility index (Phi) is 10.8. The highest BCUT2D eigenvalue weighted by atomic mass is 32.2. The zero-order valence-corrected chi connectivity index (χ0v) is 19.0. The molecule has 0 saturated carbocycles. The third-order valence-electron chi connectivity index (χ3n) is 5.21. The largest absolute Gasteiger partial charge is 0.459 e. The summed E-state index contributed by atoms with van der Waals surface area (Å²) in [6.07, 6.45) is 1.01. The van der Waals surface area contributed by atoms with Gasteiger partial charge in [-0.1, -0.05) is 63.1 Å². The molecule has 3 atom stereocenters. The zero-order valence-electron chi connectivity index (χ0n) is 18.1. The number of aliphatic hydroxyl groups is 2. The molecule has 2 rings (SSSR count). The average Bonchev–Trinajstić information content (AvgIpc) is 2.76. The molecule has 7 nitrogen and oxygen atoms in total. The van der Waals surface area contributed by atoms with Gasteiger partial charge in [-0.2, -0.15) is 8.42 Å². The minimum Gasteiger partial charge on any atom is -0.459 e. The number of hydrogen-bond acceptors (Lipinski definition) is 6. The molecule has 0 fully saturated rings. The number of benzene rings is 2. The van der Waals surface area contributed by atoms with Crippen LogP contribution in [0.5, 0.6) is 0 Å². The molecule has 8 heteroatoms. The lowest BCUT2D eigenvalue weighted by molar-refractivity contribution is -0.0821. The van der Waals surface area contributed by atoms with E-state index in [1.165, 1.54) is 12.1 Å². The zero-order chi connectivity index (χ0) is 23.5. The standard InChI is InChI=1S/C17H26O4.C6H6O3S/c1-4-5-11-17(3,13(2)18)15(19)12-21-16(20)14-9-7-6-8-10-14;7-10(8,9)6-4-2-1-3-5-6/h6-10,13,15,18-19H,4-5,11-12H2,1-3H3;1-5H,(H,7,8,9). The summed E-state index contributed by atoms with van der Waals surface area (Å²) in [7, 11) is -4.00. The van der Waals surface area contributed by atoms with E-state index in [2.05, 4.69) is 6.92 Å². The van der Waals surface area contributed by atoms with Gasteiger partial charge in [-0.05, 0) is 37.6 Å². The fourth-order valence-corrected chi connectivity index (χ4v) is 3.31. The molecule has 0 aliphatic rings. The van der Waals surface area contributed by atoms with E-state index in [1.807, 2.05) is 13.0 Å². The second-order valence-corrected chi connectivity index (χ2v) is 8.98. The van der Waals surface area contributed by atoms with Crippen molar-refractivity contribution in [2.45, 2.75) is 57.1 Å². The van der Waals surface area contributed by atoms with E-state index in [0.717, 1.165) is 12.8 Å². The molecule has 0 radical (unpaired) electrons. The Labute approximate surface area is 184 Å². The van der Waals surface area contributed by atoms with E-state index >= 15 is 0 Å². The lowest BCUT2D eigenvalue weighted by Gasteiger charge is -2.37. The maximum Gasteiger partial charge on any atom is 0.338 e. The fraction of sp³-hybridized carbons (Fsp3) is 0.435. The predicted molar refractivity (Wildman–Crippen MR) is 118 cm³/mol. The molecule has 2 aromatic rings. The van der Waals surface area contributed by atoms with Crippen molar-refractivity contribution < 1.29 is 32.7 Å². The fourth-order valence-electron chi connectivity index (χ4n) is 2.81. The van der Waals surface area contributed by atoms with E-state index in [-0.39, 0.29) is 11.5 Å². The summed E-state index contributed by atoms with van der Waals surface area (Å²) in [4.78, 5) is 11.8. The molecule has 0 aliphatic carbocycles. The summed E-state index contributed by atoms with van der Waals surface area (Å²) in [6.45, 7) is 5.44. The molecule has 2 aromatic carbocycles. The highest BCUT2D eigenvalue weighted by Gasteiger charge is 2.37. The van der Waals surface area contributed by atoms with E-state index in [9.17, 15) is 23.4 Å². The van der Waals surface area contributed by atoms with Gasteiger partial charge in [-0.15, -0.1) is 0 Å². The van der Waals surface area contributed by atoms with Gasteiger partial charge in [0.25, 0.3) is 10.1 Å². The van der Waals surface area contributed by atoms with Crippen LogP contribution in [0.15, 0.2) is 65.6 Å². The van der Waals surface area contributed by atoms with Gasteiger partial charge in [-0.3, -0.25) is 4.55 Å². The lowest BCUT2D eigenvalue weighted by Crippen LogP contribution is -2.44. The van der Waals surface area contributed by atoms with Gasteiger partial charge in [-0.25, -0.2) is 4.79 Å². The number of carbonyl (C=O) groups excluding carboxylic acids is 1. The Morgan fingerprint density at radius 1 is 1.03 bits per heavy atom. The average molecular weight is 453 g/mol. The number of unbranched alkanes of at least 4 members (excludes halogenated alkanes) is 1. The quantitative estimate of drug-likeness (QED) is 0.392. The van der Waals surface area contributed by atoms with Gasteiger partial charge < -0.3 is 14.9 Å². The molecule has 3 unspecified atom stereocenters. The molecule has 0 amide bonds. The minimum atomic E-state index is -4.00. The molecule has 0 aliphatic heterocycles. The first-order valence-electron chi connectivity index (χ1n) is 10.1. The SMILES string of the molecule is CCCCC(C)(C(C)O)C(O)COC(=O)c1ccccc1.O=S(=O)(O)c1ccccc1. The van der Waals surface area contributed by atoms with Crippen LogP contribution in [-0.2, 0) is 14.9 Å². The normalized spacial score (nSPS) is 15.0. The lowest BCUT2D eigenvalue weighted by atomic mass is 9.75.